The Balaban J connectivity index is 1.70. The molecule has 5 heteroatoms. The van der Waals surface area contributed by atoms with Crippen molar-refractivity contribution in [2.45, 2.75) is 11.8 Å². The number of thiocarbonyl (C=S) groups is 1. The van der Waals surface area contributed by atoms with Gasteiger partial charge in [-0.1, -0.05) is 41.4 Å². The van der Waals surface area contributed by atoms with Gasteiger partial charge in [0.2, 0.25) is 0 Å². The van der Waals surface area contributed by atoms with Gasteiger partial charge in [0.15, 0.2) is 5.11 Å². The van der Waals surface area contributed by atoms with Crippen LogP contribution in [0.2, 0.25) is 5.02 Å². The minimum absolute atomic E-state index is 0.590. The van der Waals surface area contributed by atoms with E-state index in [2.05, 4.69) is 41.8 Å². The van der Waals surface area contributed by atoms with Crippen molar-refractivity contribution in [1.29, 1.82) is 0 Å². The van der Waals surface area contributed by atoms with Crippen molar-refractivity contribution in [2.24, 2.45) is 0 Å². The minimum Gasteiger partial charge on any atom is -0.362 e. The van der Waals surface area contributed by atoms with E-state index in [1.807, 2.05) is 24.3 Å². The summed E-state index contributed by atoms with van der Waals surface area (Å²) in [6, 6.07) is 16.1. The van der Waals surface area contributed by atoms with Gasteiger partial charge in [0.25, 0.3) is 0 Å². The predicted octanol–water partition coefficient (Wildman–Crippen LogP) is 4.73. The zero-order valence-corrected chi connectivity index (χ0v) is 14.1. The van der Waals surface area contributed by atoms with Gasteiger partial charge in [-0.15, -0.1) is 11.8 Å². The van der Waals surface area contributed by atoms with E-state index in [1.54, 1.807) is 11.8 Å². The smallest absolute Gasteiger partial charge is 0.170 e. The van der Waals surface area contributed by atoms with Gasteiger partial charge in [-0.2, -0.15) is 0 Å². The molecule has 0 aromatic heterocycles. The molecule has 0 saturated carbocycles. The van der Waals surface area contributed by atoms with Crippen molar-refractivity contribution >= 4 is 46.4 Å². The predicted molar refractivity (Wildman–Crippen MR) is 97.6 cm³/mol. The van der Waals surface area contributed by atoms with Gasteiger partial charge in [-0.25, -0.2) is 0 Å². The van der Waals surface area contributed by atoms with Crippen LogP contribution in [0.3, 0.4) is 0 Å². The standard InChI is InChI=1S/C16H17ClN2S2/c1-12-6-8-13(9-7-12)21-11-10-18-16(20)19-15-5-3-2-4-14(15)17/h2-9H,10-11H2,1H3,(H2,18,19,20). The highest BCUT2D eigenvalue weighted by Gasteiger charge is 2.01. The van der Waals surface area contributed by atoms with Crippen LogP contribution in [0, 0.1) is 6.92 Å². The molecule has 21 heavy (non-hydrogen) atoms. The maximum absolute atomic E-state index is 6.07. The lowest BCUT2D eigenvalue weighted by Gasteiger charge is -2.11. The first-order valence-electron chi connectivity index (χ1n) is 6.64. The Bertz CT molecular complexity index is 599. The summed E-state index contributed by atoms with van der Waals surface area (Å²) in [7, 11) is 0. The van der Waals surface area contributed by atoms with Crippen LogP contribution in [0.25, 0.3) is 0 Å². The van der Waals surface area contributed by atoms with E-state index in [0.29, 0.717) is 10.1 Å². The first-order valence-corrected chi connectivity index (χ1v) is 8.41. The molecule has 0 radical (unpaired) electrons. The number of rotatable bonds is 5. The van der Waals surface area contributed by atoms with Gasteiger partial charge in [-0.3, -0.25) is 0 Å². The van der Waals surface area contributed by atoms with E-state index in [4.69, 9.17) is 23.8 Å². The zero-order chi connectivity index (χ0) is 15.1. The lowest BCUT2D eigenvalue weighted by molar-refractivity contribution is 0.990. The molecule has 0 atom stereocenters. The fraction of sp³-hybridized carbons (Fsp3) is 0.188. The summed E-state index contributed by atoms with van der Waals surface area (Å²) < 4.78 is 0. The Morgan fingerprint density at radius 2 is 1.86 bits per heavy atom. The Hall–Kier alpha value is -1.23. The number of hydrogen-bond acceptors (Lipinski definition) is 2. The largest absolute Gasteiger partial charge is 0.362 e. The molecule has 0 aliphatic rings. The van der Waals surface area contributed by atoms with Gasteiger partial charge < -0.3 is 10.6 Å². The summed E-state index contributed by atoms with van der Waals surface area (Å²) in [5, 5.41) is 7.53. The molecule has 110 valence electrons. The minimum atomic E-state index is 0.590. The van der Waals surface area contributed by atoms with E-state index < -0.39 is 0 Å². The Kier molecular flexibility index (Phi) is 6.36. The summed E-state index contributed by atoms with van der Waals surface area (Å²) in [6.45, 7) is 2.89. The molecular weight excluding hydrogens is 320 g/mol. The average molecular weight is 337 g/mol. The third kappa shape index (κ3) is 5.58. The molecule has 0 spiro atoms. The van der Waals surface area contributed by atoms with Crippen molar-refractivity contribution in [2.75, 3.05) is 17.6 Å². The number of aryl methyl sites for hydroxylation is 1. The highest BCUT2D eigenvalue weighted by molar-refractivity contribution is 7.99. The molecule has 2 N–H and O–H groups in total. The van der Waals surface area contributed by atoms with Crippen LogP contribution in [0.15, 0.2) is 53.4 Å². The van der Waals surface area contributed by atoms with Crippen LogP contribution < -0.4 is 10.6 Å². The van der Waals surface area contributed by atoms with Gasteiger partial charge in [0.05, 0.1) is 10.7 Å². The number of thioether (sulfide) groups is 1. The second-order valence-electron chi connectivity index (χ2n) is 4.52. The van der Waals surface area contributed by atoms with Crippen LogP contribution >= 0.6 is 35.6 Å². The van der Waals surface area contributed by atoms with Crippen molar-refractivity contribution in [3.8, 4) is 0 Å². The van der Waals surface area contributed by atoms with E-state index in [1.165, 1.54) is 10.5 Å². The van der Waals surface area contributed by atoms with Crippen molar-refractivity contribution < 1.29 is 0 Å². The van der Waals surface area contributed by atoms with Crippen molar-refractivity contribution in [3.63, 3.8) is 0 Å². The average Bonchev–Trinajstić information content (AvgIpc) is 2.48. The normalized spacial score (nSPS) is 10.2. The quantitative estimate of drug-likeness (QED) is 0.468. The molecule has 0 fully saturated rings. The highest BCUT2D eigenvalue weighted by atomic mass is 35.5. The monoisotopic (exact) mass is 336 g/mol. The summed E-state index contributed by atoms with van der Waals surface area (Å²) in [4.78, 5) is 1.27. The number of para-hydroxylation sites is 1. The van der Waals surface area contributed by atoms with Crippen LogP contribution in [0.5, 0.6) is 0 Å². The molecule has 2 nitrogen and oxygen atoms in total. The number of halogens is 1. The summed E-state index contributed by atoms with van der Waals surface area (Å²) in [5.74, 6) is 0.952. The van der Waals surface area contributed by atoms with Gasteiger partial charge >= 0.3 is 0 Å². The summed E-state index contributed by atoms with van der Waals surface area (Å²) >= 11 is 13.1. The third-order valence-electron chi connectivity index (χ3n) is 2.80. The molecule has 0 amide bonds. The molecular formula is C16H17ClN2S2. The summed E-state index contributed by atoms with van der Waals surface area (Å²) in [5.41, 5.74) is 2.10. The van der Waals surface area contributed by atoms with E-state index in [0.717, 1.165) is 18.0 Å². The lowest BCUT2D eigenvalue weighted by Crippen LogP contribution is -2.30. The molecule has 0 saturated heterocycles. The fourth-order valence-corrected chi connectivity index (χ4v) is 2.86. The molecule has 0 aliphatic heterocycles. The maximum Gasteiger partial charge on any atom is 0.170 e. The first-order chi connectivity index (χ1) is 10.1. The molecule has 0 aliphatic carbocycles. The van der Waals surface area contributed by atoms with E-state index >= 15 is 0 Å². The first kappa shape index (κ1) is 16.1. The van der Waals surface area contributed by atoms with Crippen LogP contribution in [-0.4, -0.2) is 17.4 Å². The van der Waals surface area contributed by atoms with Crippen molar-refractivity contribution in [1.82, 2.24) is 5.32 Å². The fourth-order valence-electron chi connectivity index (χ4n) is 1.70. The van der Waals surface area contributed by atoms with Crippen molar-refractivity contribution in [3.05, 3.63) is 59.1 Å². The number of nitrogens with one attached hydrogen (secondary N) is 2. The SMILES string of the molecule is Cc1ccc(SCCNC(=S)Nc2ccccc2Cl)cc1. The Morgan fingerprint density at radius 1 is 1.14 bits per heavy atom. The molecule has 2 aromatic rings. The van der Waals surface area contributed by atoms with Gasteiger partial charge in [0.1, 0.15) is 0 Å². The lowest BCUT2D eigenvalue weighted by atomic mass is 10.2. The second kappa shape index (κ2) is 8.27. The zero-order valence-electron chi connectivity index (χ0n) is 11.7. The Morgan fingerprint density at radius 3 is 2.57 bits per heavy atom. The van der Waals surface area contributed by atoms with E-state index in [9.17, 15) is 0 Å². The molecule has 2 rings (SSSR count). The molecule has 0 heterocycles. The Labute approximate surface area is 140 Å². The highest BCUT2D eigenvalue weighted by Crippen LogP contribution is 2.20. The topological polar surface area (TPSA) is 24.1 Å². The van der Waals surface area contributed by atoms with Gasteiger partial charge in [-0.05, 0) is 43.4 Å². The molecule has 2 aromatic carbocycles. The van der Waals surface area contributed by atoms with Gasteiger partial charge in [0, 0.05) is 17.2 Å². The molecule has 0 bridgehead atoms. The second-order valence-corrected chi connectivity index (χ2v) is 6.51. The maximum atomic E-state index is 6.07. The number of anilines is 1. The van der Waals surface area contributed by atoms with Crippen LogP contribution in [0.4, 0.5) is 5.69 Å². The number of hydrogen-bond donors (Lipinski definition) is 2. The van der Waals surface area contributed by atoms with Crippen LogP contribution in [-0.2, 0) is 0 Å². The summed E-state index contributed by atoms with van der Waals surface area (Å²) in [6.07, 6.45) is 0. The number of benzene rings is 2. The molecule has 0 unspecified atom stereocenters. The van der Waals surface area contributed by atoms with Crippen LogP contribution in [0.1, 0.15) is 5.56 Å². The third-order valence-corrected chi connectivity index (χ3v) is 4.39. The van der Waals surface area contributed by atoms with E-state index in [-0.39, 0.29) is 0 Å².